The zero-order valence-corrected chi connectivity index (χ0v) is 11.9. The minimum Gasteiger partial charge on any atom is -0.492 e. The molecule has 1 aromatic rings. The smallest absolute Gasteiger partial charge is 0.245 e. The zero-order chi connectivity index (χ0) is 14.9. The van der Waals surface area contributed by atoms with Crippen LogP contribution < -0.4 is 20.9 Å². The maximum absolute atomic E-state index is 12.3. The summed E-state index contributed by atoms with van der Waals surface area (Å²) < 4.78 is 32.3. The van der Waals surface area contributed by atoms with Gasteiger partial charge in [-0.3, -0.25) is 4.79 Å². The number of carbonyl (C=O) groups is 1. The number of fused-ring (bicyclic) bond motifs is 1. The van der Waals surface area contributed by atoms with Gasteiger partial charge in [-0.1, -0.05) is 0 Å². The number of nitrogens with two attached hydrogens (primary N) is 2. The van der Waals surface area contributed by atoms with Crippen LogP contribution in [0.3, 0.4) is 0 Å². The second kappa shape index (κ2) is 5.29. The van der Waals surface area contributed by atoms with Gasteiger partial charge < -0.3 is 16.2 Å². The van der Waals surface area contributed by atoms with E-state index in [1.165, 1.54) is 13.0 Å². The van der Waals surface area contributed by atoms with Gasteiger partial charge in [0, 0.05) is 5.69 Å². The van der Waals surface area contributed by atoms with Gasteiger partial charge in [0.2, 0.25) is 15.9 Å². The Kier molecular flexibility index (Phi) is 3.87. The number of sulfonamides is 1. The van der Waals surface area contributed by atoms with Crippen molar-refractivity contribution in [2.75, 3.05) is 12.3 Å². The highest BCUT2D eigenvalue weighted by atomic mass is 32.2. The standard InChI is InChI=1S/C12H17N3O4S/c1-7(12(14)16)15-20(17,18)10-6-9(13)5-8-3-2-4-19-11(8)10/h5-7,15H,2-4,13H2,1H3,(H2,14,16). The summed E-state index contributed by atoms with van der Waals surface area (Å²) in [5.74, 6) is -0.457. The molecule has 0 aliphatic carbocycles. The molecule has 110 valence electrons. The first-order chi connectivity index (χ1) is 9.31. The van der Waals surface area contributed by atoms with Gasteiger partial charge >= 0.3 is 0 Å². The summed E-state index contributed by atoms with van der Waals surface area (Å²) in [6.07, 6.45) is 1.51. The topological polar surface area (TPSA) is 125 Å². The summed E-state index contributed by atoms with van der Waals surface area (Å²) in [6, 6.07) is 2.01. The molecule has 1 aliphatic heterocycles. The third-order valence-electron chi connectivity index (χ3n) is 3.04. The lowest BCUT2D eigenvalue weighted by molar-refractivity contribution is -0.119. The Morgan fingerprint density at radius 1 is 1.45 bits per heavy atom. The molecule has 2 rings (SSSR count). The van der Waals surface area contributed by atoms with Gasteiger partial charge in [-0.15, -0.1) is 0 Å². The second-order valence-corrected chi connectivity index (χ2v) is 6.39. The zero-order valence-electron chi connectivity index (χ0n) is 11.0. The Bertz CT molecular complexity index is 642. The summed E-state index contributed by atoms with van der Waals surface area (Å²) in [5.41, 5.74) is 11.9. The van der Waals surface area contributed by atoms with Crippen LogP contribution in [0, 0.1) is 0 Å². The third-order valence-corrected chi connectivity index (χ3v) is 4.59. The van der Waals surface area contributed by atoms with E-state index in [4.69, 9.17) is 16.2 Å². The highest BCUT2D eigenvalue weighted by Gasteiger charge is 2.27. The van der Waals surface area contributed by atoms with E-state index in [1.807, 2.05) is 0 Å². The number of rotatable bonds is 4. The maximum Gasteiger partial charge on any atom is 0.245 e. The van der Waals surface area contributed by atoms with Crippen LogP contribution in [0.1, 0.15) is 18.9 Å². The van der Waals surface area contributed by atoms with E-state index in [9.17, 15) is 13.2 Å². The molecule has 1 aromatic carbocycles. The van der Waals surface area contributed by atoms with Crippen molar-refractivity contribution in [3.05, 3.63) is 17.7 Å². The maximum atomic E-state index is 12.3. The minimum absolute atomic E-state index is 0.0553. The van der Waals surface area contributed by atoms with Gasteiger partial charge in [0.25, 0.3) is 0 Å². The summed E-state index contributed by atoms with van der Waals surface area (Å²) in [6.45, 7) is 1.82. The summed E-state index contributed by atoms with van der Waals surface area (Å²) in [4.78, 5) is 10.9. The number of nitrogen functional groups attached to an aromatic ring is 1. The molecule has 0 aromatic heterocycles. The predicted octanol–water partition coefficient (Wildman–Crippen LogP) is -0.254. The van der Waals surface area contributed by atoms with Crippen LogP contribution in [0.25, 0.3) is 0 Å². The largest absolute Gasteiger partial charge is 0.492 e. The summed E-state index contributed by atoms with van der Waals surface area (Å²) in [5, 5.41) is 0. The Morgan fingerprint density at radius 3 is 2.80 bits per heavy atom. The van der Waals surface area contributed by atoms with E-state index in [0.29, 0.717) is 24.5 Å². The van der Waals surface area contributed by atoms with E-state index in [1.54, 1.807) is 6.07 Å². The van der Waals surface area contributed by atoms with Gasteiger partial charge in [-0.05, 0) is 37.5 Å². The van der Waals surface area contributed by atoms with Crippen LogP contribution in [-0.2, 0) is 21.2 Å². The molecule has 0 fully saturated rings. The molecule has 0 spiro atoms. The van der Waals surface area contributed by atoms with Crippen LogP contribution in [0.5, 0.6) is 5.75 Å². The number of anilines is 1. The second-order valence-electron chi connectivity index (χ2n) is 4.70. The molecule has 20 heavy (non-hydrogen) atoms. The lowest BCUT2D eigenvalue weighted by atomic mass is 10.1. The van der Waals surface area contributed by atoms with Gasteiger partial charge in [0.05, 0.1) is 12.6 Å². The van der Waals surface area contributed by atoms with E-state index >= 15 is 0 Å². The summed E-state index contributed by atoms with van der Waals surface area (Å²) >= 11 is 0. The fourth-order valence-corrected chi connectivity index (χ4v) is 3.46. The van der Waals surface area contributed by atoms with Crippen molar-refractivity contribution in [2.45, 2.75) is 30.7 Å². The minimum atomic E-state index is -3.92. The normalized spacial score (nSPS) is 16.1. The number of ether oxygens (including phenoxy) is 1. The average Bonchev–Trinajstić information content (AvgIpc) is 2.37. The Hall–Kier alpha value is -1.80. The van der Waals surface area contributed by atoms with Gasteiger partial charge in [0.15, 0.2) is 0 Å². The molecule has 0 radical (unpaired) electrons. The van der Waals surface area contributed by atoms with Crippen LogP contribution >= 0.6 is 0 Å². The predicted molar refractivity (Wildman–Crippen MR) is 73.6 cm³/mol. The van der Waals surface area contributed by atoms with E-state index < -0.39 is 22.0 Å². The van der Waals surface area contributed by atoms with Crippen molar-refractivity contribution in [2.24, 2.45) is 5.73 Å². The van der Waals surface area contributed by atoms with E-state index in [2.05, 4.69) is 4.72 Å². The quantitative estimate of drug-likeness (QED) is 0.661. The molecule has 0 saturated heterocycles. The number of aryl methyl sites for hydroxylation is 1. The Balaban J connectivity index is 2.46. The number of benzene rings is 1. The number of hydrogen-bond acceptors (Lipinski definition) is 5. The number of hydrogen-bond donors (Lipinski definition) is 3. The van der Waals surface area contributed by atoms with Crippen molar-refractivity contribution in [1.82, 2.24) is 4.72 Å². The molecule has 0 saturated carbocycles. The highest BCUT2D eigenvalue weighted by molar-refractivity contribution is 7.89. The number of amides is 1. The molecule has 1 atom stereocenters. The fourth-order valence-electron chi connectivity index (χ4n) is 2.02. The van der Waals surface area contributed by atoms with Crippen molar-refractivity contribution in [3.63, 3.8) is 0 Å². The molecule has 5 N–H and O–H groups in total. The van der Waals surface area contributed by atoms with Crippen LogP contribution in [-0.4, -0.2) is 27.0 Å². The molecule has 7 nitrogen and oxygen atoms in total. The Morgan fingerprint density at radius 2 is 2.15 bits per heavy atom. The Labute approximate surface area is 117 Å². The first-order valence-electron chi connectivity index (χ1n) is 6.18. The molecule has 0 bridgehead atoms. The fraction of sp³-hybridized carbons (Fsp3) is 0.417. The first kappa shape index (κ1) is 14.6. The number of carbonyl (C=O) groups excluding carboxylic acids is 1. The van der Waals surface area contributed by atoms with Crippen molar-refractivity contribution < 1.29 is 17.9 Å². The van der Waals surface area contributed by atoms with Crippen molar-refractivity contribution in [1.29, 1.82) is 0 Å². The lowest BCUT2D eigenvalue weighted by Crippen LogP contribution is -2.42. The molecular weight excluding hydrogens is 282 g/mol. The van der Waals surface area contributed by atoms with E-state index in [-0.39, 0.29) is 4.90 Å². The highest BCUT2D eigenvalue weighted by Crippen LogP contribution is 2.34. The SMILES string of the molecule is CC(NS(=O)(=O)c1cc(N)cc2c1OCCC2)C(N)=O. The van der Waals surface area contributed by atoms with Crippen LogP contribution in [0.15, 0.2) is 17.0 Å². The van der Waals surface area contributed by atoms with Crippen molar-refractivity contribution in [3.8, 4) is 5.75 Å². The average molecular weight is 299 g/mol. The van der Waals surface area contributed by atoms with Crippen LogP contribution in [0.4, 0.5) is 5.69 Å². The van der Waals surface area contributed by atoms with Crippen LogP contribution in [0.2, 0.25) is 0 Å². The molecule has 1 unspecified atom stereocenters. The molecular formula is C12H17N3O4S. The first-order valence-corrected chi connectivity index (χ1v) is 7.66. The molecule has 1 amide bonds. The van der Waals surface area contributed by atoms with Gasteiger partial charge in [-0.25, -0.2) is 8.42 Å². The monoisotopic (exact) mass is 299 g/mol. The molecule has 1 heterocycles. The number of primary amides is 1. The van der Waals surface area contributed by atoms with E-state index in [0.717, 1.165) is 12.0 Å². The van der Waals surface area contributed by atoms with Gasteiger partial charge in [-0.2, -0.15) is 4.72 Å². The summed E-state index contributed by atoms with van der Waals surface area (Å²) in [7, 11) is -3.92. The molecule has 1 aliphatic rings. The third kappa shape index (κ3) is 2.86. The van der Waals surface area contributed by atoms with Gasteiger partial charge in [0.1, 0.15) is 10.6 Å². The molecule has 8 heteroatoms. The van der Waals surface area contributed by atoms with Crippen molar-refractivity contribution >= 4 is 21.6 Å². The lowest BCUT2D eigenvalue weighted by Gasteiger charge is -2.21. The number of nitrogens with one attached hydrogen (secondary N) is 1.